The minimum Gasteiger partial charge on any atom is -0.400 e. The Morgan fingerprint density at radius 3 is 2.75 bits per heavy atom. The molecule has 2 aromatic rings. The first-order valence-corrected chi connectivity index (χ1v) is 4.35. The predicted octanol–water partition coefficient (Wildman–Crippen LogP) is -0.918. The van der Waals surface area contributed by atoms with E-state index >= 15 is 0 Å². The molecule has 84 valence electrons. The van der Waals surface area contributed by atoms with Gasteiger partial charge in [0, 0.05) is 0 Å². The summed E-state index contributed by atoms with van der Waals surface area (Å²) in [5.74, 6) is 0.213. The summed E-state index contributed by atoms with van der Waals surface area (Å²) in [6.07, 6.45) is 0. The Labute approximate surface area is 89.5 Å². The van der Waals surface area contributed by atoms with Crippen molar-refractivity contribution in [2.45, 2.75) is 13.5 Å². The van der Waals surface area contributed by atoms with E-state index in [-0.39, 0.29) is 36.0 Å². The Bertz CT molecular complexity index is 529. The van der Waals surface area contributed by atoms with Gasteiger partial charge in [-0.15, -0.1) is 10.2 Å². The van der Waals surface area contributed by atoms with Crippen molar-refractivity contribution in [2.75, 3.05) is 11.5 Å². The Morgan fingerprint density at radius 1 is 1.44 bits per heavy atom. The van der Waals surface area contributed by atoms with Crippen molar-refractivity contribution >= 4 is 17.7 Å². The van der Waals surface area contributed by atoms with Gasteiger partial charge in [-0.3, -0.25) is 4.79 Å². The fourth-order valence-corrected chi connectivity index (χ4v) is 1.10. The van der Waals surface area contributed by atoms with Gasteiger partial charge in [0.2, 0.25) is 11.8 Å². The minimum atomic E-state index is -0.0896. The molecular weight excluding hydrogens is 214 g/mol. The third kappa shape index (κ3) is 1.82. The van der Waals surface area contributed by atoms with Crippen LogP contribution in [0.25, 0.3) is 11.7 Å². The van der Waals surface area contributed by atoms with Gasteiger partial charge in [0.1, 0.15) is 6.54 Å². The number of Topliss-reactive ketones (excluding diaryl/α,β-unsaturated/α-hetero) is 1. The van der Waals surface area contributed by atoms with E-state index in [0.29, 0.717) is 0 Å². The van der Waals surface area contributed by atoms with Gasteiger partial charge < -0.3 is 15.9 Å². The van der Waals surface area contributed by atoms with E-state index in [1.54, 1.807) is 0 Å². The van der Waals surface area contributed by atoms with Gasteiger partial charge in [-0.1, -0.05) is 5.10 Å². The molecular formula is C7H9N7O2. The Morgan fingerprint density at radius 2 is 2.19 bits per heavy atom. The smallest absolute Gasteiger partial charge is 0.313 e. The summed E-state index contributed by atoms with van der Waals surface area (Å²) < 4.78 is 6.17. The molecule has 0 saturated heterocycles. The fourth-order valence-electron chi connectivity index (χ4n) is 1.10. The maximum atomic E-state index is 10.9. The Balaban J connectivity index is 2.33. The quantitative estimate of drug-likeness (QED) is 0.681. The van der Waals surface area contributed by atoms with Crippen molar-refractivity contribution in [3.05, 3.63) is 0 Å². The maximum Gasteiger partial charge on any atom is 0.313 e. The third-order valence-corrected chi connectivity index (χ3v) is 1.70. The lowest BCUT2D eigenvalue weighted by Gasteiger charge is -1.96. The van der Waals surface area contributed by atoms with Crippen molar-refractivity contribution in [2.24, 2.45) is 0 Å². The van der Waals surface area contributed by atoms with Crippen molar-refractivity contribution in [1.29, 1.82) is 0 Å². The van der Waals surface area contributed by atoms with Crippen molar-refractivity contribution in [3.8, 4) is 11.7 Å². The summed E-state index contributed by atoms with van der Waals surface area (Å²) in [6, 6.07) is -0.0866. The lowest BCUT2D eigenvalue weighted by atomic mass is 10.4. The van der Waals surface area contributed by atoms with Crippen LogP contribution in [-0.2, 0) is 11.3 Å². The summed E-state index contributed by atoms with van der Waals surface area (Å²) in [4.78, 5) is 14.8. The van der Waals surface area contributed by atoms with Gasteiger partial charge in [0.05, 0.1) is 0 Å². The molecule has 2 aromatic heterocycles. The molecule has 16 heavy (non-hydrogen) atoms. The van der Waals surface area contributed by atoms with Crippen LogP contribution in [0.4, 0.5) is 12.0 Å². The summed E-state index contributed by atoms with van der Waals surface area (Å²) in [5.41, 5.74) is 10.8. The Hall–Kier alpha value is -2.45. The van der Waals surface area contributed by atoms with E-state index in [4.69, 9.17) is 15.9 Å². The number of nitrogen functional groups attached to an aromatic ring is 2. The van der Waals surface area contributed by atoms with Crippen LogP contribution in [0.3, 0.4) is 0 Å². The highest BCUT2D eigenvalue weighted by Gasteiger charge is 2.15. The zero-order chi connectivity index (χ0) is 11.7. The number of carbonyl (C=O) groups is 1. The van der Waals surface area contributed by atoms with Crippen LogP contribution in [0.1, 0.15) is 6.92 Å². The first kappa shape index (κ1) is 10.1. The molecule has 0 unspecified atom stereocenters. The van der Waals surface area contributed by atoms with E-state index in [1.165, 1.54) is 11.6 Å². The van der Waals surface area contributed by atoms with E-state index in [0.717, 1.165) is 0 Å². The molecule has 2 heterocycles. The molecule has 0 aliphatic carbocycles. The number of nitrogens with two attached hydrogens (primary N) is 2. The second-order valence-corrected chi connectivity index (χ2v) is 3.10. The average Bonchev–Trinajstić information content (AvgIpc) is 2.74. The average molecular weight is 223 g/mol. The Kier molecular flexibility index (Phi) is 2.27. The van der Waals surface area contributed by atoms with Crippen LogP contribution in [0.15, 0.2) is 4.42 Å². The molecule has 0 aliphatic heterocycles. The summed E-state index contributed by atoms with van der Waals surface area (Å²) in [5, 5.41) is 11.0. The molecule has 2 rings (SSSR count). The van der Waals surface area contributed by atoms with Crippen LogP contribution in [0.2, 0.25) is 0 Å². The van der Waals surface area contributed by atoms with Crippen molar-refractivity contribution < 1.29 is 9.21 Å². The van der Waals surface area contributed by atoms with E-state index in [1.807, 2.05) is 0 Å². The molecule has 0 bridgehead atoms. The third-order valence-electron chi connectivity index (χ3n) is 1.70. The molecule has 4 N–H and O–H groups in total. The van der Waals surface area contributed by atoms with Crippen LogP contribution >= 0.6 is 0 Å². The molecule has 9 nitrogen and oxygen atoms in total. The van der Waals surface area contributed by atoms with Gasteiger partial charge in [0.15, 0.2) is 5.78 Å². The minimum absolute atomic E-state index is 0.0441. The van der Waals surface area contributed by atoms with E-state index in [2.05, 4.69) is 20.3 Å². The monoisotopic (exact) mass is 223 g/mol. The van der Waals surface area contributed by atoms with Crippen LogP contribution in [-0.4, -0.2) is 30.7 Å². The lowest BCUT2D eigenvalue weighted by molar-refractivity contribution is -0.117. The first-order chi connectivity index (χ1) is 7.56. The lowest BCUT2D eigenvalue weighted by Crippen LogP contribution is -2.10. The summed E-state index contributed by atoms with van der Waals surface area (Å²) in [6.45, 7) is 1.47. The molecule has 0 saturated carbocycles. The summed E-state index contributed by atoms with van der Waals surface area (Å²) >= 11 is 0. The van der Waals surface area contributed by atoms with Gasteiger partial charge in [-0.2, -0.15) is 4.98 Å². The predicted molar refractivity (Wildman–Crippen MR) is 52.8 cm³/mol. The number of aromatic nitrogens is 5. The number of carbonyl (C=O) groups excluding carboxylic acids is 1. The van der Waals surface area contributed by atoms with Crippen LogP contribution in [0.5, 0.6) is 0 Å². The zero-order valence-electron chi connectivity index (χ0n) is 8.41. The first-order valence-electron chi connectivity index (χ1n) is 4.35. The van der Waals surface area contributed by atoms with Gasteiger partial charge >= 0.3 is 6.01 Å². The molecule has 0 atom stereocenters. The molecule has 0 spiro atoms. The molecule has 0 aromatic carbocycles. The maximum absolute atomic E-state index is 10.9. The topological polar surface area (TPSA) is 139 Å². The highest BCUT2D eigenvalue weighted by atomic mass is 16.4. The largest absolute Gasteiger partial charge is 0.400 e. The number of hydrogen-bond acceptors (Lipinski definition) is 8. The molecule has 0 amide bonds. The highest BCUT2D eigenvalue weighted by Crippen LogP contribution is 2.15. The highest BCUT2D eigenvalue weighted by molar-refractivity contribution is 5.75. The SMILES string of the molecule is CC(=O)Cn1nc(-c2nnc(N)o2)nc1N. The number of ketones is 1. The summed E-state index contributed by atoms with van der Waals surface area (Å²) in [7, 11) is 0. The molecule has 9 heteroatoms. The molecule has 0 aliphatic rings. The van der Waals surface area contributed by atoms with Crippen molar-refractivity contribution in [1.82, 2.24) is 25.0 Å². The molecule has 0 radical (unpaired) electrons. The van der Waals surface area contributed by atoms with E-state index in [9.17, 15) is 4.79 Å². The second kappa shape index (κ2) is 3.61. The van der Waals surface area contributed by atoms with Gasteiger partial charge in [-0.05, 0) is 6.92 Å². The number of hydrogen-bond donors (Lipinski definition) is 2. The van der Waals surface area contributed by atoms with Gasteiger partial charge in [-0.25, -0.2) is 4.68 Å². The fraction of sp³-hybridized carbons (Fsp3) is 0.286. The standard InChI is InChI=1S/C7H9N7O2/c1-3(15)2-14-6(8)10-4(13-14)5-11-12-7(9)16-5/h2H2,1H3,(H2,9,12)(H2,8,10,13). The van der Waals surface area contributed by atoms with Crippen molar-refractivity contribution in [3.63, 3.8) is 0 Å². The second-order valence-electron chi connectivity index (χ2n) is 3.10. The molecule has 0 fully saturated rings. The normalized spacial score (nSPS) is 10.6. The van der Waals surface area contributed by atoms with E-state index < -0.39 is 0 Å². The number of anilines is 2. The zero-order valence-corrected chi connectivity index (χ0v) is 8.41. The number of nitrogens with zero attached hydrogens (tertiary/aromatic N) is 5. The van der Waals surface area contributed by atoms with Gasteiger partial charge in [0.25, 0.3) is 5.89 Å². The van der Waals surface area contributed by atoms with Crippen LogP contribution in [0, 0.1) is 0 Å². The van der Waals surface area contributed by atoms with Crippen LogP contribution < -0.4 is 11.5 Å². The number of rotatable bonds is 3.